The SMILES string of the molecule is Oc1cc2c(cc1C1(O)CC1)OCCCO2. The molecule has 16 heavy (non-hydrogen) atoms. The Balaban J connectivity index is 2.05. The molecule has 0 atom stereocenters. The normalized spacial score (nSPS) is 21.3. The molecule has 3 rings (SSSR count). The van der Waals surface area contributed by atoms with E-state index in [4.69, 9.17) is 9.47 Å². The van der Waals surface area contributed by atoms with E-state index in [0.717, 1.165) is 6.42 Å². The first-order valence-corrected chi connectivity index (χ1v) is 5.54. The maximum atomic E-state index is 10.00. The summed E-state index contributed by atoms with van der Waals surface area (Å²) >= 11 is 0. The van der Waals surface area contributed by atoms with Gasteiger partial charge in [0.1, 0.15) is 5.75 Å². The molecule has 2 N–H and O–H groups in total. The second kappa shape index (κ2) is 3.28. The zero-order valence-electron chi connectivity index (χ0n) is 8.90. The average molecular weight is 222 g/mol. The van der Waals surface area contributed by atoms with E-state index in [0.29, 0.717) is 43.1 Å². The van der Waals surface area contributed by atoms with Gasteiger partial charge >= 0.3 is 0 Å². The number of phenolic OH excluding ortho intramolecular Hbond substituents is 1. The van der Waals surface area contributed by atoms with Crippen LogP contribution >= 0.6 is 0 Å². The largest absolute Gasteiger partial charge is 0.507 e. The third kappa shape index (κ3) is 1.50. The van der Waals surface area contributed by atoms with Crippen molar-refractivity contribution in [1.82, 2.24) is 0 Å². The van der Waals surface area contributed by atoms with Gasteiger partial charge < -0.3 is 19.7 Å². The molecule has 0 saturated heterocycles. The minimum Gasteiger partial charge on any atom is -0.507 e. The average Bonchev–Trinajstić information content (AvgIpc) is 3.01. The van der Waals surface area contributed by atoms with Gasteiger partial charge in [0, 0.05) is 18.1 Å². The van der Waals surface area contributed by atoms with Crippen molar-refractivity contribution in [3.05, 3.63) is 17.7 Å². The van der Waals surface area contributed by atoms with Crippen LogP contribution in [0.4, 0.5) is 0 Å². The zero-order valence-corrected chi connectivity index (χ0v) is 8.90. The molecule has 86 valence electrons. The van der Waals surface area contributed by atoms with Crippen LogP contribution in [-0.4, -0.2) is 23.4 Å². The molecule has 4 nitrogen and oxygen atoms in total. The lowest BCUT2D eigenvalue weighted by Crippen LogP contribution is -2.05. The molecule has 0 bridgehead atoms. The Bertz CT molecular complexity index is 423. The fraction of sp³-hybridized carbons (Fsp3) is 0.500. The Morgan fingerprint density at radius 1 is 1.06 bits per heavy atom. The third-order valence-electron chi connectivity index (χ3n) is 3.09. The Morgan fingerprint density at radius 2 is 1.69 bits per heavy atom. The number of aromatic hydroxyl groups is 1. The van der Waals surface area contributed by atoms with Crippen molar-refractivity contribution in [3.63, 3.8) is 0 Å². The molecular weight excluding hydrogens is 208 g/mol. The molecule has 4 heteroatoms. The minimum atomic E-state index is -0.852. The maximum absolute atomic E-state index is 10.00. The Kier molecular flexibility index (Phi) is 2.01. The van der Waals surface area contributed by atoms with Crippen molar-refractivity contribution in [2.24, 2.45) is 0 Å². The van der Waals surface area contributed by atoms with Gasteiger partial charge in [0.05, 0.1) is 18.8 Å². The first kappa shape index (κ1) is 9.78. The molecule has 0 spiro atoms. The summed E-state index contributed by atoms with van der Waals surface area (Å²) in [7, 11) is 0. The van der Waals surface area contributed by atoms with Crippen LogP contribution in [0.2, 0.25) is 0 Å². The van der Waals surface area contributed by atoms with Crippen LogP contribution in [0, 0.1) is 0 Å². The molecule has 0 aromatic heterocycles. The lowest BCUT2D eigenvalue weighted by atomic mass is 10.1. The summed E-state index contributed by atoms with van der Waals surface area (Å²) in [5.74, 6) is 1.26. The van der Waals surface area contributed by atoms with Gasteiger partial charge in [-0.25, -0.2) is 0 Å². The van der Waals surface area contributed by atoms with Gasteiger partial charge in [0.25, 0.3) is 0 Å². The van der Waals surface area contributed by atoms with Crippen LogP contribution in [0.3, 0.4) is 0 Å². The number of rotatable bonds is 1. The van der Waals surface area contributed by atoms with Crippen molar-refractivity contribution < 1.29 is 19.7 Å². The van der Waals surface area contributed by atoms with E-state index in [-0.39, 0.29) is 5.75 Å². The smallest absolute Gasteiger partial charge is 0.164 e. The van der Waals surface area contributed by atoms with Crippen LogP contribution < -0.4 is 9.47 Å². The molecule has 1 fully saturated rings. The molecule has 1 aromatic rings. The lowest BCUT2D eigenvalue weighted by molar-refractivity contribution is 0.147. The lowest BCUT2D eigenvalue weighted by Gasteiger charge is -2.14. The number of phenols is 1. The third-order valence-corrected chi connectivity index (χ3v) is 3.09. The molecule has 1 heterocycles. The van der Waals surface area contributed by atoms with Crippen LogP contribution in [0.1, 0.15) is 24.8 Å². The van der Waals surface area contributed by atoms with Crippen molar-refractivity contribution in [1.29, 1.82) is 0 Å². The number of fused-ring (bicyclic) bond motifs is 1. The minimum absolute atomic E-state index is 0.0873. The van der Waals surface area contributed by atoms with E-state index in [1.165, 1.54) is 6.07 Å². The second-order valence-corrected chi connectivity index (χ2v) is 4.40. The Hall–Kier alpha value is -1.42. The fourth-order valence-corrected chi connectivity index (χ4v) is 1.96. The monoisotopic (exact) mass is 222 g/mol. The predicted octanol–water partition coefficient (Wildman–Crippen LogP) is 1.53. The van der Waals surface area contributed by atoms with Gasteiger partial charge in [-0.3, -0.25) is 0 Å². The van der Waals surface area contributed by atoms with E-state index in [1.54, 1.807) is 6.07 Å². The number of hydrogen-bond donors (Lipinski definition) is 2. The van der Waals surface area contributed by atoms with E-state index >= 15 is 0 Å². The van der Waals surface area contributed by atoms with Crippen molar-refractivity contribution in [3.8, 4) is 17.2 Å². The highest BCUT2D eigenvalue weighted by atomic mass is 16.5. The highest BCUT2D eigenvalue weighted by Crippen LogP contribution is 2.51. The molecular formula is C12H14O4. The molecule has 0 radical (unpaired) electrons. The molecule has 0 amide bonds. The number of hydrogen-bond acceptors (Lipinski definition) is 4. The van der Waals surface area contributed by atoms with E-state index < -0.39 is 5.60 Å². The standard InChI is InChI=1S/C12H14O4/c13-9-7-11-10(15-4-1-5-16-11)6-8(9)12(14)2-3-12/h6-7,13-14H,1-5H2. The summed E-state index contributed by atoms with van der Waals surface area (Å²) in [6.07, 6.45) is 2.22. The Labute approximate surface area is 93.4 Å². The fourth-order valence-electron chi connectivity index (χ4n) is 1.96. The first-order valence-electron chi connectivity index (χ1n) is 5.54. The molecule has 1 aliphatic carbocycles. The van der Waals surface area contributed by atoms with Crippen LogP contribution in [0.5, 0.6) is 17.2 Å². The molecule has 0 unspecified atom stereocenters. The van der Waals surface area contributed by atoms with Crippen molar-refractivity contribution >= 4 is 0 Å². The predicted molar refractivity (Wildman–Crippen MR) is 56.8 cm³/mol. The van der Waals surface area contributed by atoms with Gasteiger partial charge in [-0.05, 0) is 18.9 Å². The summed E-state index contributed by atoms with van der Waals surface area (Å²) in [4.78, 5) is 0. The Morgan fingerprint density at radius 3 is 2.31 bits per heavy atom. The van der Waals surface area contributed by atoms with E-state index in [9.17, 15) is 10.2 Å². The van der Waals surface area contributed by atoms with Gasteiger partial charge in [0.2, 0.25) is 0 Å². The van der Waals surface area contributed by atoms with Crippen LogP contribution in [0.25, 0.3) is 0 Å². The second-order valence-electron chi connectivity index (χ2n) is 4.40. The van der Waals surface area contributed by atoms with Crippen LogP contribution in [0.15, 0.2) is 12.1 Å². The highest BCUT2D eigenvalue weighted by Gasteiger charge is 2.44. The molecule has 2 aliphatic rings. The van der Waals surface area contributed by atoms with Gasteiger partial charge in [0.15, 0.2) is 11.5 Å². The quantitative estimate of drug-likeness (QED) is 0.756. The highest BCUT2D eigenvalue weighted by molar-refractivity contribution is 5.53. The number of aliphatic hydroxyl groups is 1. The van der Waals surface area contributed by atoms with Crippen LogP contribution in [-0.2, 0) is 5.60 Å². The van der Waals surface area contributed by atoms with Gasteiger partial charge in [-0.1, -0.05) is 0 Å². The summed E-state index contributed by atoms with van der Waals surface area (Å²) < 4.78 is 11.0. The van der Waals surface area contributed by atoms with E-state index in [2.05, 4.69) is 0 Å². The van der Waals surface area contributed by atoms with Crippen molar-refractivity contribution in [2.45, 2.75) is 24.9 Å². The molecule has 1 aromatic carbocycles. The van der Waals surface area contributed by atoms with Gasteiger partial charge in [-0.2, -0.15) is 0 Å². The summed E-state index contributed by atoms with van der Waals surface area (Å²) in [5, 5.41) is 19.8. The van der Waals surface area contributed by atoms with Gasteiger partial charge in [-0.15, -0.1) is 0 Å². The zero-order chi connectivity index (χ0) is 11.2. The first-order chi connectivity index (χ1) is 7.69. The maximum Gasteiger partial charge on any atom is 0.164 e. The van der Waals surface area contributed by atoms with Crippen molar-refractivity contribution in [2.75, 3.05) is 13.2 Å². The summed E-state index contributed by atoms with van der Waals surface area (Å²) in [6.45, 7) is 1.20. The number of benzene rings is 1. The summed E-state index contributed by atoms with van der Waals surface area (Å²) in [6, 6.07) is 3.23. The molecule has 1 aliphatic heterocycles. The molecule has 1 saturated carbocycles. The number of ether oxygens (including phenoxy) is 2. The summed E-state index contributed by atoms with van der Waals surface area (Å²) in [5.41, 5.74) is -0.300. The topological polar surface area (TPSA) is 58.9 Å². The van der Waals surface area contributed by atoms with E-state index in [1.807, 2.05) is 0 Å².